The van der Waals surface area contributed by atoms with Gasteiger partial charge in [-0.1, -0.05) is 30.3 Å². The molecular formula is C20H27Cl2F3N2O. The molecule has 1 N–H and O–H groups in total. The van der Waals surface area contributed by atoms with Crippen LogP contribution < -0.4 is 10.1 Å². The van der Waals surface area contributed by atoms with Crippen molar-refractivity contribution in [1.82, 2.24) is 10.2 Å². The summed E-state index contributed by atoms with van der Waals surface area (Å²) in [6.07, 6.45) is -4.92. The van der Waals surface area contributed by atoms with Crippen LogP contribution in [-0.4, -0.2) is 43.9 Å². The summed E-state index contributed by atoms with van der Waals surface area (Å²) in [7, 11) is 0. The highest BCUT2D eigenvalue weighted by molar-refractivity contribution is 5.88. The van der Waals surface area contributed by atoms with Crippen LogP contribution in [0, 0.1) is 0 Å². The second-order valence-electron chi connectivity index (χ2n) is 6.59. The van der Waals surface area contributed by atoms with Crippen LogP contribution in [0.4, 0.5) is 13.2 Å². The van der Waals surface area contributed by atoms with E-state index < -0.39 is 12.6 Å². The highest BCUT2D eigenvalue weighted by Gasteiger charge is 2.33. The highest BCUT2D eigenvalue weighted by atomic mass is 35.5. The molecule has 3 nitrogen and oxygen atoms in total. The molecule has 2 aromatic rings. The zero-order valence-electron chi connectivity index (χ0n) is 15.8. The Hall–Kier alpha value is -1.21. The van der Waals surface area contributed by atoms with Crippen LogP contribution in [0.25, 0.3) is 10.8 Å². The van der Waals surface area contributed by atoms with E-state index >= 15 is 0 Å². The summed E-state index contributed by atoms with van der Waals surface area (Å²) in [6, 6.07) is 11.4. The standard InChI is InChI=1S/C20H25F3N2O.2ClH/c1-2-26-18-8-7-15-5-3-4-6-16(15)19(18)17(9-10-20(21,22)23)25-13-11-24-12-14-25;;/h3-8,17,24H,2,9-14H2,1H3;2*1H/t17-;;/m1../s1. The Labute approximate surface area is 176 Å². The molecule has 0 spiro atoms. The van der Waals surface area contributed by atoms with Crippen molar-refractivity contribution in [3.05, 3.63) is 42.0 Å². The first-order chi connectivity index (χ1) is 12.5. The molecule has 3 rings (SSSR count). The first-order valence-electron chi connectivity index (χ1n) is 9.15. The average Bonchev–Trinajstić information content (AvgIpc) is 2.63. The summed E-state index contributed by atoms with van der Waals surface area (Å²) in [5.74, 6) is 0.692. The minimum atomic E-state index is -4.16. The normalized spacial score (nSPS) is 16.1. The van der Waals surface area contributed by atoms with Crippen molar-refractivity contribution < 1.29 is 17.9 Å². The maximum absolute atomic E-state index is 13.0. The molecule has 0 bridgehead atoms. The fourth-order valence-corrected chi connectivity index (χ4v) is 3.70. The van der Waals surface area contributed by atoms with Gasteiger partial charge in [0, 0.05) is 44.2 Å². The molecule has 0 aromatic heterocycles. The lowest BCUT2D eigenvalue weighted by molar-refractivity contribution is -0.138. The van der Waals surface area contributed by atoms with Gasteiger partial charge in [0.05, 0.1) is 6.61 Å². The summed E-state index contributed by atoms with van der Waals surface area (Å²) >= 11 is 0. The number of hydrogen-bond donors (Lipinski definition) is 1. The number of halogens is 5. The minimum Gasteiger partial charge on any atom is -0.494 e. The molecule has 1 atom stereocenters. The maximum atomic E-state index is 13.0. The number of piperazine rings is 1. The van der Waals surface area contributed by atoms with E-state index in [1.54, 1.807) is 0 Å². The van der Waals surface area contributed by atoms with Crippen LogP contribution in [-0.2, 0) is 0 Å². The van der Waals surface area contributed by atoms with E-state index in [-0.39, 0.29) is 37.3 Å². The molecule has 1 heterocycles. The third-order valence-corrected chi connectivity index (χ3v) is 4.86. The van der Waals surface area contributed by atoms with Gasteiger partial charge in [0.1, 0.15) is 5.75 Å². The lowest BCUT2D eigenvalue weighted by Gasteiger charge is -2.36. The van der Waals surface area contributed by atoms with Crippen LogP contribution in [0.3, 0.4) is 0 Å². The minimum absolute atomic E-state index is 0. The fraction of sp³-hybridized carbons (Fsp3) is 0.500. The van der Waals surface area contributed by atoms with Crippen LogP contribution >= 0.6 is 24.8 Å². The number of nitrogens with zero attached hydrogens (tertiary/aromatic N) is 1. The summed E-state index contributed by atoms with van der Waals surface area (Å²) in [6.45, 7) is 5.43. The van der Waals surface area contributed by atoms with E-state index in [1.165, 1.54) is 0 Å². The van der Waals surface area contributed by atoms with Crippen LogP contribution in [0.2, 0.25) is 0 Å². The molecule has 0 radical (unpaired) electrons. The van der Waals surface area contributed by atoms with Crippen molar-refractivity contribution in [3.63, 3.8) is 0 Å². The molecule has 1 fully saturated rings. The van der Waals surface area contributed by atoms with E-state index in [0.29, 0.717) is 12.4 Å². The van der Waals surface area contributed by atoms with Crippen molar-refractivity contribution in [2.75, 3.05) is 32.8 Å². The summed E-state index contributed by atoms with van der Waals surface area (Å²) < 4.78 is 44.8. The Morgan fingerprint density at radius 3 is 2.39 bits per heavy atom. The Kier molecular flexibility index (Phi) is 9.84. The number of alkyl halides is 3. The SMILES string of the molecule is CCOc1ccc2ccccc2c1[C@@H](CCC(F)(F)F)N1CCNCC1.Cl.Cl. The van der Waals surface area contributed by atoms with Gasteiger partial charge in [-0.25, -0.2) is 0 Å². The Bertz CT molecular complexity index is 737. The van der Waals surface area contributed by atoms with Crippen molar-refractivity contribution >= 4 is 35.6 Å². The number of ether oxygens (including phenoxy) is 1. The second-order valence-corrected chi connectivity index (χ2v) is 6.59. The molecule has 158 valence electrons. The summed E-state index contributed by atoms with van der Waals surface area (Å²) in [4.78, 5) is 2.16. The first kappa shape index (κ1) is 24.8. The van der Waals surface area contributed by atoms with Gasteiger partial charge in [-0.15, -0.1) is 24.8 Å². The number of rotatable bonds is 6. The summed E-state index contributed by atoms with van der Waals surface area (Å²) in [5.41, 5.74) is 0.885. The monoisotopic (exact) mass is 438 g/mol. The number of fused-ring (bicyclic) bond motifs is 1. The predicted octanol–water partition coefficient (Wildman–Crippen LogP) is 5.37. The molecular weight excluding hydrogens is 412 g/mol. The molecule has 1 aliphatic heterocycles. The largest absolute Gasteiger partial charge is 0.494 e. The topological polar surface area (TPSA) is 24.5 Å². The third-order valence-electron chi connectivity index (χ3n) is 4.86. The molecule has 0 saturated carbocycles. The van der Waals surface area contributed by atoms with Gasteiger partial charge in [0.2, 0.25) is 0 Å². The Morgan fingerprint density at radius 2 is 1.75 bits per heavy atom. The predicted molar refractivity (Wildman–Crippen MR) is 112 cm³/mol. The zero-order chi connectivity index (χ0) is 18.6. The van der Waals surface area contributed by atoms with Crippen LogP contribution in [0.1, 0.15) is 31.4 Å². The van der Waals surface area contributed by atoms with Gasteiger partial charge in [-0.05, 0) is 30.2 Å². The van der Waals surface area contributed by atoms with E-state index in [4.69, 9.17) is 4.74 Å². The third kappa shape index (κ3) is 6.14. The van der Waals surface area contributed by atoms with E-state index in [0.717, 1.165) is 42.5 Å². The van der Waals surface area contributed by atoms with Crippen molar-refractivity contribution in [3.8, 4) is 5.75 Å². The maximum Gasteiger partial charge on any atom is 0.389 e. The van der Waals surface area contributed by atoms with E-state index in [1.807, 2.05) is 43.3 Å². The molecule has 0 amide bonds. The van der Waals surface area contributed by atoms with Crippen LogP contribution in [0.15, 0.2) is 36.4 Å². The molecule has 2 aromatic carbocycles. The van der Waals surface area contributed by atoms with Crippen molar-refractivity contribution in [2.24, 2.45) is 0 Å². The van der Waals surface area contributed by atoms with Gasteiger partial charge in [-0.2, -0.15) is 13.2 Å². The van der Waals surface area contributed by atoms with Crippen molar-refractivity contribution in [1.29, 1.82) is 0 Å². The lowest BCUT2D eigenvalue weighted by Crippen LogP contribution is -2.45. The smallest absolute Gasteiger partial charge is 0.389 e. The molecule has 1 saturated heterocycles. The molecule has 0 unspecified atom stereocenters. The second kappa shape index (κ2) is 11.1. The van der Waals surface area contributed by atoms with Gasteiger partial charge in [0.25, 0.3) is 0 Å². The first-order valence-corrected chi connectivity index (χ1v) is 9.15. The number of benzene rings is 2. The number of nitrogens with one attached hydrogen (secondary N) is 1. The van der Waals surface area contributed by atoms with Gasteiger partial charge < -0.3 is 10.1 Å². The van der Waals surface area contributed by atoms with Crippen molar-refractivity contribution in [2.45, 2.75) is 32.0 Å². The Balaban J connectivity index is 0.00000196. The zero-order valence-corrected chi connectivity index (χ0v) is 17.4. The summed E-state index contributed by atoms with van der Waals surface area (Å²) in [5, 5.41) is 5.28. The Morgan fingerprint density at radius 1 is 1.07 bits per heavy atom. The van der Waals surface area contributed by atoms with E-state index in [2.05, 4.69) is 10.2 Å². The molecule has 1 aliphatic rings. The lowest BCUT2D eigenvalue weighted by atomic mass is 9.93. The van der Waals surface area contributed by atoms with Gasteiger partial charge in [0.15, 0.2) is 0 Å². The van der Waals surface area contributed by atoms with Gasteiger partial charge in [-0.3, -0.25) is 4.90 Å². The molecule has 0 aliphatic carbocycles. The number of hydrogen-bond acceptors (Lipinski definition) is 3. The van der Waals surface area contributed by atoms with E-state index in [9.17, 15) is 13.2 Å². The molecule has 28 heavy (non-hydrogen) atoms. The molecule has 8 heteroatoms. The fourth-order valence-electron chi connectivity index (χ4n) is 3.70. The average molecular weight is 439 g/mol. The highest BCUT2D eigenvalue weighted by Crippen LogP contribution is 2.40. The van der Waals surface area contributed by atoms with Gasteiger partial charge >= 0.3 is 6.18 Å². The quantitative estimate of drug-likeness (QED) is 0.655. The van der Waals surface area contributed by atoms with Crippen LogP contribution in [0.5, 0.6) is 5.75 Å².